The van der Waals surface area contributed by atoms with E-state index in [1.54, 1.807) is 39.0 Å². The number of ether oxygens (including phenoxy) is 1. The van der Waals surface area contributed by atoms with Crippen molar-refractivity contribution in [1.29, 1.82) is 0 Å². The maximum atomic E-state index is 13.2. The first-order valence-corrected chi connectivity index (χ1v) is 11.0. The fraction of sp³-hybridized carbons (Fsp3) is 0.435. The summed E-state index contributed by atoms with van der Waals surface area (Å²) in [4.78, 5) is 31.5. The molecule has 0 bridgehead atoms. The van der Waals surface area contributed by atoms with Crippen LogP contribution >= 0.6 is 23.2 Å². The lowest BCUT2D eigenvalue weighted by Gasteiger charge is -2.22. The molecule has 0 fully saturated rings. The minimum atomic E-state index is -0.629. The normalized spacial score (nSPS) is 12.9. The molecular formula is C23H29Cl2N3O3. The predicted octanol–water partition coefficient (Wildman–Crippen LogP) is 5.15. The van der Waals surface area contributed by atoms with Gasteiger partial charge < -0.3 is 15.4 Å². The summed E-state index contributed by atoms with van der Waals surface area (Å²) in [7, 11) is 0. The van der Waals surface area contributed by atoms with Gasteiger partial charge in [-0.3, -0.25) is 14.6 Å². The Bertz CT molecular complexity index is 1000. The van der Waals surface area contributed by atoms with Crippen LogP contribution in [-0.2, 0) is 22.6 Å². The van der Waals surface area contributed by atoms with Gasteiger partial charge in [0.05, 0.1) is 17.8 Å². The molecule has 0 saturated heterocycles. The Hall–Kier alpha value is -2.15. The van der Waals surface area contributed by atoms with Gasteiger partial charge in [0.2, 0.25) is 0 Å². The van der Waals surface area contributed by atoms with Crippen LogP contribution in [0.5, 0.6) is 0 Å². The van der Waals surface area contributed by atoms with Crippen molar-refractivity contribution < 1.29 is 14.3 Å². The van der Waals surface area contributed by atoms with Crippen LogP contribution in [0.15, 0.2) is 18.2 Å². The number of aromatic nitrogens is 1. The van der Waals surface area contributed by atoms with E-state index in [1.165, 1.54) is 4.90 Å². The SMILES string of the molecule is CC.Cc1nc2c(c(-c3ccc(Cl)cc3Cl)c1CN)C(=O)N(CC(=O)OC(C)(C)C)C2. The van der Waals surface area contributed by atoms with Crippen molar-refractivity contribution in [2.24, 2.45) is 5.73 Å². The maximum absolute atomic E-state index is 13.2. The number of benzene rings is 1. The zero-order valence-electron chi connectivity index (χ0n) is 18.8. The number of aryl methyl sites for hydroxylation is 1. The van der Waals surface area contributed by atoms with E-state index >= 15 is 0 Å². The van der Waals surface area contributed by atoms with E-state index in [2.05, 4.69) is 4.98 Å². The number of nitrogens with two attached hydrogens (primary N) is 1. The molecule has 1 amide bonds. The lowest BCUT2D eigenvalue weighted by atomic mass is 9.93. The number of rotatable bonds is 4. The standard InChI is InChI=1S/C21H23Cl2N3O3.C2H6/c1-11-14(8-24)18(13-6-5-12(22)7-15(13)23)19-16(25-11)9-26(20(19)28)10-17(27)29-21(2,3)4;1-2/h5-7H,8-10,24H2,1-4H3;1-2H3. The number of carbonyl (C=O) groups is 2. The van der Waals surface area contributed by atoms with Crippen molar-refractivity contribution in [2.75, 3.05) is 6.54 Å². The van der Waals surface area contributed by atoms with Gasteiger partial charge in [-0.25, -0.2) is 0 Å². The monoisotopic (exact) mass is 465 g/mol. The summed E-state index contributed by atoms with van der Waals surface area (Å²) in [6, 6.07) is 5.10. The van der Waals surface area contributed by atoms with Crippen molar-refractivity contribution in [1.82, 2.24) is 9.88 Å². The Balaban J connectivity index is 0.00000166. The van der Waals surface area contributed by atoms with Gasteiger partial charge in [-0.1, -0.05) is 43.1 Å². The molecule has 0 unspecified atom stereocenters. The Kier molecular flexibility index (Phi) is 8.09. The Morgan fingerprint density at radius 2 is 1.87 bits per heavy atom. The molecule has 3 rings (SSSR count). The molecule has 168 valence electrons. The first-order valence-electron chi connectivity index (χ1n) is 10.2. The Labute approximate surface area is 193 Å². The van der Waals surface area contributed by atoms with E-state index in [9.17, 15) is 9.59 Å². The van der Waals surface area contributed by atoms with Crippen molar-refractivity contribution in [3.63, 3.8) is 0 Å². The summed E-state index contributed by atoms with van der Waals surface area (Å²) in [5, 5.41) is 0.909. The molecule has 0 radical (unpaired) electrons. The van der Waals surface area contributed by atoms with Crippen LogP contribution in [0, 0.1) is 6.92 Å². The third-order valence-corrected chi connectivity index (χ3v) is 5.11. The van der Waals surface area contributed by atoms with Gasteiger partial charge in [-0.05, 0) is 45.4 Å². The number of esters is 1. The van der Waals surface area contributed by atoms with E-state index in [0.717, 1.165) is 11.3 Å². The summed E-state index contributed by atoms with van der Waals surface area (Å²) in [5.41, 5.74) is 9.13. The van der Waals surface area contributed by atoms with Gasteiger partial charge in [0.1, 0.15) is 12.1 Å². The van der Waals surface area contributed by atoms with Gasteiger partial charge in [0.15, 0.2) is 0 Å². The van der Waals surface area contributed by atoms with E-state index in [1.807, 2.05) is 20.8 Å². The molecule has 0 atom stereocenters. The molecule has 0 aliphatic carbocycles. The average Bonchev–Trinajstić information content (AvgIpc) is 2.96. The highest BCUT2D eigenvalue weighted by Gasteiger charge is 2.36. The molecule has 2 aromatic rings. The Morgan fingerprint density at radius 3 is 2.42 bits per heavy atom. The van der Waals surface area contributed by atoms with Crippen LogP contribution in [0.25, 0.3) is 11.1 Å². The zero-order chi connectivity index (χ0) is 23.5. The molecule has 2 heterocycles. The van der Waals surface area contributed by atoms with Crippen LogP contribution in [0.4, 0.5) is 0 Å². The fourth-order valence-corrected chi connectivity index (χ4v) is 3.96. The minimum absolute atomic E-state index is 0.155. The number of nitrogens with zero attached hydrogens (tertiary/aromatic N) is 2. The molecule has 1 aromatic heterocycles. The van der Waals surface area contributed by atoms with Crippen LogP contribution < -0.4 is 5.73 Å². The highest BCUT2D eigenvalue weighted by atomic mass is 35.5. The first-order chi connectivity index (χ1) is 14.5. The molecule has 6 nitrogen and oxygen atoms in total. The zero-order valence-corrected chi connectivity index (χ0v) is 20.3. The van der Waals surface area contributed by atoms with Crippen LogP contribution in [-0.4, -0.2) is 33.9 Å². The second kappa shape index (κ2) is 9.98. The third-order valence-electron chi connectivity index (χ3n) is 4.57. The molecule has 0 spiro atoms. The summed E-state index contributed by atoms with van der Waals surface area (Å²) >= 11 is 12.5. The largest absolute Gasteiger partial charge is 0.459 e. The van der Waals surface area contributed by atoms with Gasteiger partial charge in [-0.2, -0.15) is 0 Å². The quantitative estimate of drug-likeness (QED) is 0.631. The molecule has 1 aliphatic rings. The smallest absolute Gasteiger partial charge is 0.326 e. The van der Waals surface area contributed by atoms with Crippen LogP contribution in [0.2, 0.25) is 10.0 Å². The number of hydrogen-bond donors (Lipinski definition) is 1. The molecule has 2 N–H and O–H groups in total. The highest BCUT2D eigenvalue weighted by Crippen LogP contribution is 2.39. The molecule has 1 aromatic carbocycles. The fourth-order valence-electron chi connectivity index (χ4n) is 3.45. The average molecular weight is 466 g/mol. The summed E-state index contributed by atoms with van der Waals surface area (Å²) in [5.74, 6) is -0.769. The van der Waals surface area contributed by atoms with E-state index in [4.69, 9.17) is 33.7 Å². The third kappa shape index (κ3) is 5.56. The summed E-state index contributed by atoms with van der Waals surface area (Å²) < 4.78 is 5.35. The maximum Gasteiger partial charge on any atom is 0.326 e. The molecular weight excluding hydrogens is 437 g/mol. The van der Waals surface area contributed by atoms with Crippen LogP contribution in [0.1, 0.15) is 61.9 Å². The predicted molar refractivity (Wildman–Crippen MR) is 124 cm³/mol. The minimum Gasteiger partial charge on any atom is -0.459 e. The lowest BCUT2D eigenvalue weighted by molar-refractivity contribution is -0.155. The van der Waals surface area contributed by atoms with Crippen molar-refractivity contribution >= 4 is 35.1 Å². The summed E-state index contributed by atoms with van der Waals surface area (Å²) in [6.07, 6.45) is 0. The van der Waals surface area contributed by atoms with E-state index < -0.39 is 11.6 Å². The van der Waals surface area contributed by atoms with E-state index in [-0.39, 0.29) is 25.5 Å². The number of hydrogen-bond acceptors (Lipinski definition) is 5. The topological polar surface area (TPSA) is 85.5 Å². The molecule has 31 heavy (non-hydrogen) atoms. The molecule has 8 heteroatoms. The number of amides is 1. The number of fused-ring (bicyclic) bond motifs is 1. The Morgan fingerprint density at radius 1 is 1.23 bits per heavy atom. The van der Waals surface area contributed by atoms with Crippen molar-refractivity contribution in [2.45, 2.75) is 60.2 Å². The molecule has 0 saturated carbocycles. The highest BCUT2D eigenvalue weighted by molar-refractivity contribution is 6.36. The lowest BCUT2D eigenvalue weighted by Crippen LogP contribution is -2.35. The van der Waals surface area contributed by atoms with Crippen LogP contribution in [0.3, 0.4) is 0 Å². The van der Waals surface area contributed by atoms with Gasteiger partial charge in [0, 0.05) is 33.4 Å². The first kappa shape index (κ1) is 25.1. The number of halogens is 2. The van der Waals surface area contributed by atoms with E-state index in [0.29, 0.717) is 32.4 Å². The van der Waals surface area contributed by atoms with Crippen molar-refractivity contribution in [3.05, 3.63) is 50.8 Å². The van der Waals surface area contributed by atoms with Gasteiger partial charge in [0.25, 0.3) is 5.91 Å². The van der Waals surface area contributed by atoms with Crippen molar-refractivity contribution in [3.8, 4) is 11.1 Å². The summed E-state index contributed by atoms with van der Waals surface area (Å²) in [6.45, 7) is 11.4. The molecule has 1 aliphatic heterocycles. The van der Waals surface area contributed by atoms with Gasteiger partial charge >= 0.3 is 5.97 Å². The van der Waals surface area contributed by atoms with Gasteiger partial charge in [-0.15, -0.1) is 0 Å². The second-order valence-electron chi connectivity index (χ2n) is 7.95. The number of carbonyl (C=O) groups excluding carboxylic acids is 2. The number of pyridine rings is 1. The second-order valence-corrected chi connectivity index (χ2v) is 8.79.